The third kappa shape index (κ3) is 4.91. The van der Waals surface area contributed by atoms with Crippen LogP contribution in [-0.2, 0) is 19.4 Å². The van der Waals surface area contributed by atoms with Crippen molar-refractivity contribution < 1.29 is 0 Å². The van der Waals surface area contributed by atoms with E-state index in [-0.39, 0.29) is 0 Å². The molecule has 0 aliphatic heterocycles. The molecule has 0 unspecified atom stereocenters. The number of hydrogen-bond acceptors (Lipinski definition) is 3. The molecule has 0 saturated carbocycles. The lowest BCUT2D eigenvalue weighted by Gasteiger charge is -2.08. The van der Waals surface area contributed by atoms with E-state index in [4.69, 9.17) is 0 Å². The molecule has 3 N–H and O–H groups in total. The van der Waals surface area contributed by atoms with Crippen LogP contribution in [0.1, 0.15) is 56.5 Å². The van der Waals surface area contributed by atoms with Gasteiger partial charge in [-0.2, -0.15) is 5.10 Å². The number of hydrogen-bond donors (Lipinski definition) is 3. The topological polar surface area (TPSA) is 52.7 Å². The second-order valence-electron chi connectivity index (χ2n) is 6.32. The van der Waals surface area contributed by atoms with Crippen molar-refractivity contribution in [2.75, 3.05) is 19.6 Å². The summed E-state index contributed by atoms with van der Waals surface area (Å²) in [5.41, 5.74) is 4.13. The van der Waals surface area contributed by atoms with E-state index in [1.165, 1.54) is 55.5 Å². The van der Waals surface area contributed by atoms with Gasteiger partial charge in [0, 0.05) is 12.2 Å². The minimum absolute atomic E-state index is 0.738. The summed E-state index contributed by atoms with van der Waals surface area (Å²) in [6.07, 6.45) is 7.55. The van der Waals surface area contributed by atoms with Gasteiger partial charge in [0.1, 0.15) is 0 Å². The molecule has 0 fully saturated rings. The smallest absolute Gasteiger partial charge is 0.0794 e. The average Bonchev–Trinajstić information content (AvgIpc) is 2.66. The Morgan fingerprint density at radius 1 is 1.10 bits per heavy atom. The van der Waals surface area contributed by atoms with Crippen LogP contribution in [0, 0.1) is 5.92 Å². The Bertz CT molecular complexity index is 384. The molecule has 0 saturated heterocycles. The van der Waals surface area contributed by atoms with Crippen molar-refractivity contribution in [2.24, 2.45) is 5.92 Å². The Kier molecular flexibility index (Phi) is 6.54. The standard InChI is InChI=1S/C16H30N4/c1-13(2)11-17-9-6-10-18-12-16-14-7-4-3-5-8-15(14)19-20-16/h13,17-18H,3-12H2,1-2H3,(H,19,20). The van der Waals surface area contributed by atoms with Gasteiger partial charge in [0.25, 0.3) is 0 Å². The van der Waals surface area contributed by atoms with Crippen LogP contribution in [0.5, 0.6) is 0 Å². The fraction of sp³-hybridized carbons (Fsp3) is 0.812. The first-order chi connectivity index (χ1) is 9.77. The lowest BCUT2D eigenvalue weighted by Crippen LogP contribution is -2.24. The highest BCUT2D eigenvalue weighted by atomic mass is 15.1. The van der Waals surface area contributed by atoms with Crippen LogP contribution in [0.4, 0.5) is 0 Å². The van der Waals surface area contributed by atoms with Crippen molar-refractivity contribution in [1.82, 2.24) is 20.8 Å². The Morgan fingerprint density at radius 3 is 2.75 bits per heavy atom. The Labute approximate surface area is 123 Å². The van der Waals surface area contributed by atoms with Gasteiger partial charge in [-0.3, -0.25) is 5.10 Å². The molecular formula is C16H30N4. The quantitative estimate of drug-likeness (QED) is 0.505. The summed E-state index contributed by atoms with van der Waals surface area (Å²) in [5, 5.41) is 14.7. The molecule has 4 nitrogen and oxygen atoms in total. The average molecular weight is 278 g/mol. The maximum Gasteiger partial charge on any atom is 0.0794 e. The lowest BCUT2D eigenvalue weighted by molar-refractivity contribution is 0.529. The summed E-state index contributed by atoms with van der Waals surface area (Å²) < 4.78 is 0. The van der Waals surface area contributed by atoms with Gasteiger partial charge in [0.2, 0.25) is 0 Å². The van der Waals surface area contributed by atoms with Crippen LogP contribution in [0.2, 0.25) is 0 Å². The van der Waals surface area contributed by atoms with E-state index in [9.17, 15) is 0 Å². The monoisotopic (exact) mass is 278 g/mol. The van der Waals surface area contributed by atoms with Crippen LogP contribution in [0.3, 0.4) is 0 Å². The number of nitrogens with zero attached hydrogens (tertiary/aromatic N) is 1. The highest BCUT2D eigenvalue weighted by Gasteiger charge is 2.14. The van der Waals surface area contributed by atoms with E-state index in [1.807, 2.05) is 0 Å². The van der Waals surface area contributed by atoms with Crippen LogP contribution >= 0.6 is 0 Å². The summed E-state index contributed by atoms with van der Waals surface area (Å²) in [6, 6.07) is 0. The van der Waals surface area contributed by atoms with Crippen LogP contribution in [0.15, 0.2) is 0 Å². The first-order valence-corrected chi connectivity index (χ1v) is 8.24. The van der Waals surface area contributed by atoms with Gasteiger partial charge in [-0.25, -0.2) is 0 Å². The maximum absolute atomic E-state index is 4.49. The number of fused-ring (bicyclic) bond motifs is 1. The van der Waals surface area contributed by atoms with Gasteiger partial charge in [0.15, 0.2) is 0 Å². The number of H-pyrrole nitrogens is 1. The number of aromatic nitrogens is 2. The van der Waals surface area contributed by atoms with Crippen LogP contribution < -0.4 is 10.6 Å². The first kappa shape index (κ1) is 15.5. The molecule has 0 radical (unpaired) electrons. The minimum Gasteiger partial charge on any atom is -0.316 e. The van der Waals surface area contributed by atoms with Gasteiger partial charge < -0.3 is 10.6 Å². The van der Waals surface area contributed by atoms with Gasteiger partial charge in [-0.15, -0.1) is 0 Å². The molecular weight excluding hydrogens is 248 g/mol. The zero-order valence-electron chi connectivity index (χ0n) is 13.1. The molecule has 4 heteroatoms. The molecule has 1 aliphatic rings. The number of aromatic amines is 1. The molecule has 1 aromatic heterocycles. The van der Waals surface area contributed by atoms with E-state index in [1.54, 1.807) is 0 Å². The molecule has 0 bridgehead atoms. The van der Waals surface area contributed by atoms with Crippen LogP contribution in [0.25, 0.3) is 0 Å². The van der Waals surface area contributed by atoms with Crippen LogP contribution in [-0.4, -0.2) is 29.8 Å². The molecule has 0 amide bonds. The number of rotatable bonds is 8. The maximum atomic E-state index is 4.49. The number of aryl methyl sites for hydroxylation is 1. The predicted octanol–water partition coefficient (Wildman–Crippen LogP) is 2.40. The molecule has 0 spiro atoms. The third-order valence-electron chi connectivity index (χ3n) is 3.94. The van der Waals surface area contributed by atoms with Gasteiger partial charge in [0.05, 0.1) is 5.69 Å². The lowest BCUT2D eigenvalue weighted by atomic mass is 10.1. The van der Waals surface area contributed by atoms with Crippen molar-refractivity contribution in [3.63, 3.8) is 0 Å². The molecule has 20 heavy (non-hydrogen) atoms. The van der Waals surface area contributed by atoms with E-state index >= 15 is 0 Å². The zero-order chi connectivity index (χ0) is 14.2. The van der Waals surface area contributed by atoms with Gasteiger partial charge >= 0.3 is 0 Å². The van der Waals surface area contributed by atoms with E-state index < -0.39 is 0 Å². The highest BCUT2D eigenvalue weighted by Crippen LogP contribution is 2.21. The summed E-state index contributed by atoms with van der Waals surface area (Å²) in [5.74, 6) is 0.738. The van der Waals surface area contributed by atoms with Crippen molar-refractivity contribution in [2.45, 2.75) is 58.9 Å². The third-order valence-corrected chi connectivity index (χ3v) is 3.94. The second kappa shape index (κ2) is 8.42. The highest BCUT2D eigenvalue weighted by molar-refractivity contribution is 5.26. The van der Waals surface area contributed by atoms with E-state index in [0.717, 1.165) is 32.1 Å². The van der Waals surface area contributed by atoms with Crippen molar-refractivity contribution in [1.29, 1.82) is 0 Å². The largest absolute Gasteiger partial charge is 0.316 e. The molecule has 114 valence electrons. The fourth-order valence-electron chi connectivity index (χ4n) is 2.81. The summed E-state index contributed by atoms with van der Waals surface area (Å²) in [4.78, 5) is 0. The fourth-order valence-corrected chi connectivity index (χ4v) is 2.81. The van der Waals surface area contributed by atoms with Crippen molar-refractivity contribution in [3.05, 3.63) is 17.0 Å². The van der Waals surface area contributed by atoms with Crippen molar-refractivity contribution in [3.8, 4) is 0 Å². The van der Waals surface area contributed by atoms with Gasteiger partial charge in [-0.05, 0) is 63.2 Å². The van der Waals surface area contributed by atoms with Gasteiger partial charge in [-0.1, -0.05) is 20.3 Å². The molecule has 1 heterocycles. The van der Waals surface area contributed by atoms with E-state index in [2.05, 4.69) is 34.7 Å². The molecule has 2 rings (SSSR count). The molecule has 1 aromatic rings. The minimum atomic E-state index is 0.738. The summed E-state index contributed by atoms with van der Waals surface area (Å²) >= 11 is 0. The Hall–Kier alpha value is -0.870. The summed E-state index contributed by atoms with van der Waals surface area (Å²) in [7, 11) is 0. The first-order valence-electron chi connectivity index (χ1n) is 8.24. The van der Waals surface area contributed by atoms with Crippen molar-refractivity contribution >= 4 is 0 Å². The molecule has 1 aliphatic carbocycles. The normalized spacial score (nSPS) is 15.3. The molecule has 0 aromatic carbocycles. The predicted molar refractivity (Wildman–Crippen MR) is 83.9 cm³/mol. The summed E-state index contributed by atoms with van der Waals surface area (Å²) in [6.45, 7) is 8.68. The SMILES string of the molecule is CC(C)CNCCCNCc1n[nH]c2c1CCCCC2. The Morgan fingerprint density at radius 2 is 1.90 bits per heavy atom. The number of nitrogens with one attached hydrogen (secondary N) is 3. The zero-order valence-corrected chi connectivity index (χ0v) is 13.1. The Balaban J connectivity index is 1.63. The van der Waals surface area contributed by atoms with E-state index in [0.29, 0.717) is 0 Å². The molecule has 0 atom stereocenters. The second-order valence-corrected chi connectivity index (χ2v) is 6.32.